The van der Waals surface area contributed by atoms with Gasteiger partial charge in [-0.3, -0.25) is 5.01 Å². The first-order chi connectivity index (χ1) is 10.5. The molecule has 1 fully saturated rings. The van der Waals surface area contributed by atoms with Gasteiger partial charge in [0.05, 0.1) is 24.0 Å². The number of ether oxygens (including phenoxy) is 1. The third kappa shape index (κ3) is 4.11. The standard InChI is InChI=1S/C18H34N2O2/c1-7-15(14(4)5)16(21)13-19-20-12-10-11-17(20)18(8-2,9-3)22-6/h7,13-17,21H,1,8-12H2,2-6H3/b19-13+/t15-,16-,17-/m0/s1. The van der Waals surface area contributed by atoms with E-state index in [0.717, 1.165) is 32.2 Å². The Balaban J connectivity index is 2.83. The molecular weight excluding hydrogens is 276 g/mol. The van der Waals surface area contributed by atoms with Crippen LogP contribution in [0.25, 0.3) is 0 Å². The van der Waals surface area contributed by atoms with Crippen LogP contribution in [0.1, 0.15) is 53.4 Å². The molecule has 1 saturated heterocycles. The molecule has 0 aliphatic carbocycles. The smallest absolute Gasteiger partial charge is 0.0973 e. The van der Waals surface area contributed by atoms with Crippen molar-refractivity contribution in [3.05, 3.63) is 12.7 Å². The Morgan fingerprint density at radius 2 is 2.05 bits per heavy atom. The molecule has 0 aromatic rings. The summed E-state index contributed by atoms with van der Waals surface area (Å²) in [6, 6.07) is 0.289. The monoisotopic (exact) mass is 310 g/mol. The first-order valence-electron chi connectivity index (χ1n) is 8.62. The molecule has 4 nitrogen and oxygen atoms in total. The highest BCUT2D eigenvalue weighted by Gasteiger charge is 2.42. The second-order valence-electron chi connectivity index (χ2n) is 6.61. The molecule has 0 saturated carbocycles. The summed E-state index contributed by atoms with van der Waals surface area (Å²) in [5.41, 5.74) is -0.144. The topological polar surface area (TPSA) is 45.1 Å². The molecule has 1 aliphatic rings. The molecule has 0 bridgehead atoms. The highest BCUT2D eigenvalue weighted by atomic mass is 16.5. The van der Waals surface area contributed by atoms with Gasteiger partial charge in [0.2, 0.25) is 0 Å². The van der Waals surface area contributed by atoms with Gasteiger partial charge >= 0.3 is 0 Å². The lowest BCUT2D eigenvalue weighted by atomic mass is 9.87. The van der Waals surface area contributed by atoms with E-state index in [1.165, 1.54) is 0 Å². The van der Waals surface area contributed by atoms with Gasteiger partial charge in [-0.05, 0) is 31.6 Å². The molecule has 0 radical (unpaired) electrons. The molecule has 1 heterocycles. The van der Waals surface area contributed by atoms with E-state index < -0.39 is 6.10 Å². The molecule has 1 aliphatic heterocycles. The van der Waals surface area contributed by atoms with Crippen molar-refractivity contribution in [3.8, 4) is 0 Å². The van der Waals surface area contributed by atoms with Crippen LogP contribution < -0.4 is 0 Å². The molecule has 0 aromatic carbocycles. The minimum absolute atomic E-state index is 0.0364. The van der Waals surface area contributed by atoms with Crippen molar-refractivity contribution in [3.63, 3.8) is 0 Å². The normalized spacial score (nSPS) is 22.5. The fourth-order valence-electron chi connectivity index (χ4n) is 3.63. The summed E-state index contributed by atoms with van der Waals surface area (Å²) >= 11 is 0. The van der Waals surface area contributed by atoms with Gasteiger partial charge in [-0.15, -0.1) is 6.58 Å². The Hall–Kier alpha value is -0.870. The van der Waals surface area contributed by atoms with Crippen molar-refractivity contribution in [1.82, 2.24) is 5.01 Å². The van der Waals surface area contributed by atoms with Gasteiger partial charge in [0.25, 0.3) is 0 Å². The molecule has 128 valence electrons. The quantitative estimate of drug-likeness (QED) is 0.524. The molecular formula is C18H34N2O2. The number of hydrogen-bond donors (Lipinski definition) is 1. The zero-order valence-corrected chi connectivity index (χ0v) is 15.0. The maximum absolute atomic E-state index is 10.3. The van der Waals surface area contributed by atoms with Crippen molar-refractivity contribution in [2.24, 2.45) is 16.9 Å². The molecule has 0 spiro atoms. The van der Waals surface area contributed by atoms with Crippen LogP contribution >= 0.6 is 0 Å². The largest absolute Gasteiger partial charge is 0.387 e. The van der Waals surface area contributed by atoms with Gasteiger partial charge in [-0.25, -0.2) is 0 Å². The predicted molar refractivity (Wildman–Crippen MR) is 93.1 cm³/mol. The minimum atomic E-state index is -0.584. The van der Waals surface area contributed by atoms with E-state index in [0.29, 0.717) is 5.92 Å². The van der Waals surface area contributed by atoms with Gasteiger partial charge in [-0.1, -0.05) is 33.8 Å². The van der Waals surface area contributed by atoms with Crippen LogP contribution in [0.15, 0.2) is 17.8 Å². The zero-order chi connectivity index (χ0) is 16.8. The van der Waals surface area contributed by atoms with Crippen molar-refractivity contribution in [2.45, 2.75) is 71.1 Å². The molecule has 0 unspecified atom stereocenters. The summed E-state index contributed by atoms with van der Waals surface area (Å²) in [7, 11) is 1.80. The molecule has 22 heavy (non-hydrogen) atoms. The molecule has 1 rings (SSSR count). The highest BCUT2D eigenvalue weighted by molar-refractivity contribution is 5.63. The number of hydrogen-bond acceptors (Lipinski definition) is 4. The van der Waals surface area contributed by atoms with E-state index >= 15 is 0 Å². The fourth-order valence-corrected chi connectivity index (χ4v) is 3.63. The van der Waals surface area contributed by atoms with Crippen LogP contribution in [0.3, 0.4) is 0 Å². The lowest BCUT2D eigenvalue weighted by molar-refractivity contribution is -0.0732. The minimum Gasteiger partial charge on any atom is -0.387 e. The van der Waals surface area contributed by atoms with Gasteiger partial charge in [0, 0.05) is 19.6 Å². The number of aliphatic hydroxyl groups is 1. The zero-order valence-electron chi connectivity index (χ0n) is 15.0. The first-order valence-corrected chi connectivity index (χ1v) is 8.62. The van der Waals surface area contributed by atoms with E-state index in [2.05, 4.69) is 44.4 Å². The summed E-state index contributed by atoms with van der Waals surface area (Å²) in [6.07, 6.45) is 7.08. The Bertz CT molecular complexity index is 356. The van der Waals surface area contributed by atoms with Gasteiger partial charge < -0.3 is 9.84 Å². The molecule has 4 heteroatoms. The van der Waals surface area contributed by atoms with Crippen molar-refractivity contribution < 1.29 is 9.84 Å². The van der Waals surface area contributed by atoms with E-state index in [4.69, 9.17) is 4.74 Å². The molecule has 3 atom stereocenters. The van der Waals surface area contributed by atoms with Crippen molar-refractivity contribution in [1.29, 1.82) is 0 Å². The van der Waals surface area contributed by atoms with Crippen LogP contribution in [0.5, 0.6) is 0 Å². The van der Waals surface area contributed by atoms with Gasteiger partial charge in [-0.2, -0.15) is 5.10 Å². The van der Waals surface area contributed by atoms with Crippen LogP contribution in [0.4, 0.5) is 0 Å². The molecule has 0 aromatic heterocycles. The highest BCUT2D eigenvalue weighted by Crippen LogP contribution is 2.34. The van der Waals surface area contributed by atoms with Crippen LogP contribution in [0.2, 0.25) is 0 Å². The molecule has 1 N–H and O–H groups in total. The number of rotatable bonds is 9. The summed E-state index contributed by atoms with van der Waals surface area (Å²) in [5, 5.41) is 17.0. The van der Waals surface area contributed by atoms with E-state index in [9.17, 15) is 5.11 Å². The first kappa shape index (κ1) is 19.2. The average Bonchev–Trinajstić information content (AvgIpc) is 2.97. The third-order valence-electron chi connectivity index (χ3n) is 5.24. The van der Waals surface area contributed by atoms with Crippen LogP contribution in [-0.2, 0) is 4.74 Å². The summed E-state index contributed by atoms with van der Waals surface area (Å²) in [6.45, 7) is 13.3. The summed E-state index contributed by atoms with van der Waals surface area (Å²) < 4.78 is 5.87. The Morgan fingerprint density at radius 1 is 1.41 bits per heavy atom. The number of nitrogens with zero attached hydrogens (tertiary/aromatic N) is 2. The van der Waals surface area contributed by atoms with Crippen molar-refractivity contribution in [2.75, 3.05) is 13.7 Å². The predicted octanol–water partition coefficient (Wildman–Crippen LogP) is 3.46. The number of aliphatic hydroxyl groups excluding tert-OH is 1. The van der Waals surface area contributed by atoms with Crippen molar-refractivity contribution >= 4 is 6.21 Å². The van der Waals surface area contributed by atoms with E-state index in [1.807, 2.05) is 6.08 Å². The second-order valence-corrected chi connectivity index (χ2v) is 6.61. The maximum Gasteiger partial charge on any atom is 0.0973 e. The Kier molecular flexibility index (Phi) is 7.57. The number of methoxy groups -OCH3 is 1. The van der Waals surface area contributed by atoms with Gasteiger partial charge in [0.1, 0.15) is 0 Å². The molecule has 0 amide bonds. The Morgan fingerprint density at radius 3 is 2.50 bits per heavy atom. The Labute approximate surface area is 136 Å². The maximum atomic E-state index is 10.3. The van der Waals surface area contributed by atoms with E-state index in [-0.39, 0.29) is 17.6 Å². The summed E-state index contributed by atoms with van der Waals surface area (Å²) in [5.74, 6) is 0.381. The lowest BCUT2D eigenvalue weighted by Gasteiger charge is -2.40. The summed E-state index contributed by atoms with van der Waals surface area (Å²) in [4.78, 5) is 0. The SMILES string of the molecule is C=C[C@@H](C(C)C)[C@@H](O)/C=N/N1CCC[C@H]1C(CC)(CC)OC. The third-order valence-corrected chi connectivity index (χ3v) is 5.24. The van der Waals surface area contributed by atoms with Crippen LogP contribution in [-0.4, -0.2) is 47.7 Å². The second kappa shape index (κ2) is 8.68. The lowest BCUT2D eigenvalue weighted by Crippen LogP contribution is -2.48. The van der Waals surface area contributed by atoms with E-state index in [1.54, 1.807) is 13.3 Å². The fraction of sp³-hybridized carbons (Fsp3) is 0.833. The van der Waals surface area contributed by atoms with Gasteiger partial charge in [0.15, 0.2) is 0 Å². The van der Waals surface area contributed by atoms with Crippen LogP contribution in [0, 0.1) is 11.8 Å². The number of hydrazone groups is 1. The average molecular weight is 310 g/mol.